The summed E-state index contributed by atoms with van der Waals surface area (Å²) in [5.74, 6) is -0.817. The van der Waals surface area contributed by atoms with Crippen LogP contribution in [0, 0.1) is 0 Å². The van der Waals surface area contributed by atoms with Crippen LogP contribution in [-0.2, 0) is 20.5 Å². The largest absolute Gasteiger partial charge is 0.496 e. The van der Waals surface area contributed by atoms with Gasteiger partial charge in [-0.3, -0.25) is 9.78 Å². The third-order valence-corrected chi connectivity index (χ3v) is 11.7. The molecule has 7 rings (SSSR count). The Morgan fingerprint density at radius 3 is 2.56 bits per heavy atom. The number of benzene rings is 2. The first-order chi connectivity index (χ1) is 26.1. The zero-order valence-corrected chi connectivity index (χ0v) is 31.2. The molecule has 4 aromatic rings. The number of piperidine rings is 1. The van der Waals surface area contributed by atoms with Crippen LogP contribution in [0.3, 0.4) is 0 Å². The molecule has 0 aliphatic carbocycles. The van der Waals surface area contributed by atoms with Gasteiger partial charge in [0, 0.05) is 44.3 Å². The summed E-state index contributed by atoms with van der Waals surface area (Å²) in [6.45, 7) is 3.40. The van der Waals surface area contributed by atoms with Gasteiger partial charge >= 0.3 is 12.0 Å². The molecular weight excluding hydrogens is 737 g/mol. The second-order valence-corrected chi connectivity index (χ2v) is 14.8. The molecule has 284 valence electrons. The summed E-state index contributed by atoms with van der Waals surface area (Å²) >= 11 is 12.9. The Balaban J connectivity index is 1.09. The van der Waals surface area contributed by atoms with Gasteiger partial charge in [-0.05, 0) is 90.7 Å². The van der Waals surface area contributed by atoms with E-state index < -0.39 is 29.0 Å². The molecule has 2 aromatic carbocycles. The number of carboxylic acids is 1. The highest BCUT2D eigenvalue weighted by atomic mass is 35.5. The van der Waals surface area contributed by atoms with E-state index in [0.29, 0.717) is 72.5 Å². The van der Waals surface area contributed by atoms with Crippen LogP contribution in [0.4, 0.5) is 4.79 Å². The molecule has 3 amide bonds. The zero-order valence-electron chi connectivity index (χ0n) is 29.7. The van der Waals surface area contributed by atoms with Gasteiger partial charge in [0.05, 0.1) is 52.9 Å². The van der Waals surface area contributed by atoms with Gasteiger partial charge in [0.15, 0.2) is 6.04 Å². The standard InChI is InChI=1S/C37H41Cl2N9O6/c1-53-31-8-6-26(48-24-41-43-44-48)21-27(31)33(49)46-17-10-36(23-46,25-5-7-28(38)29(39)20-25)9-14-45-15-11-37(12-16-45,32-4-2-3-13-40-32)42-35(52)47-18-19-54-22-30(47)34(50)51/h2-8,13,20-21,24,30H,9-12,14-19,22-23H2,1H3,(H,42,52)(H,50,51). The molecule has 3 fully saturated rings. The van der Waals surface area contributed by atoms with Crippen molar-refractivity contribution in [1.82, 2.24) is 45.2 Å². The molecule has 2 N–H and O–H groups in total. The highest BCUT2D eigenvalue weighted by Gasteiger charge is 2.45. The van der Waals surface area contributed by atoms with Crippen LogP contribution in [0.1, 0.15) is 47.3 Å². The lowest BCUT2D eigenvalue weighted by molar-refractivity contribution is -0.147. The van der Waals surface area contributed by atoms with Crippen molar-refractivity contribution < 1.29 is 29.0 Å². The van der Waals surface area contributed by atoms with Crippen LogP contribution in [0.15, 0.2) is 67.1 Å². The molecule has 2 aromatic heterocycles. The van der Waals surface area contributed by atoms with Crippen molar-refractivity contribution in [3.05, 3.63) is 94.0 Å². The molecule has 54 heavy (non-hydrogen) atoms. The highest BCUT2D eigenvalue weighted by Crippen LogP contribution is 2.42. The Hall–Kier alpha value is -4.83. The fraction of sp³-hybridized carbons (Fsp3) is 0.432. The zero-order chi connectivity index (χ0) is 37.9. The normalized spacial score (nSPS) is 21.5. The molecule has 3 aliphatic rings. The predicted molar refractivity (Wildman–Crippen MR) is 198 cm³/mol. The predicted octanol–water partition coefficient (Wildman–Crippen LogP) is 4.03. The maximum Gasteiger partial charge on any atom is 0.328 e. The SMILES string of the molecule is COc1ccc(-n2cnnn2)cc1C(=O)N1CCC(CCN2CCC(NC(=O)N3CCOCC3C(=O)O)(c3ccccn3)CC2)(c2ccc(Cl)c(Cl)c2)C1. The Labute approximate surface area is 322 Å². The average Bonchev–Trinajstić information content (AvgIpc) is 3.91. The van der Waals surface area contributed by atoms with E-state index >= 15 is 0 Å². The number of carbonyl (C=O) groups is 3. The van der Waals surface area contributed by atoms with E-state index in [1.165, 1.54) is 23.0 Å². The van der Waals surface area contributed by atoms with Gasteiger partial charge in [0.1, 0.15) is 12.1 Å². The summed E-state index contributed by atoms with van der Waals surface area (Å²) in [5, 5.41) is 25.3. The summed E-state index contributed by atoms with van der Waals surface area (Å²) in [7, 11) is 1.54. The maximum atomic E-state index is 14.2. The number of urea groups is 1. The lowest BCUT2D eigenvalue weighted by Crippen LogP contribution is -2.61. The van der Waals surface area contributed by atoms with Crippen molar-refractivity contribution in [1.29, 1.82) is 0 Å². The van der Waals surface area contributed by atoms with E-state index in [9.17, 15) is 19.5 Å². The molecule has 0 spiro atoms. The van der Waals surface area contributed by atoms with Gasteiger partial charge in [-0.2, -0.15) is 0 Å². The van der Waals surface area contributed by atoms with Gasteiger partial charge in [-0.1, -0.05) is 35.3 Å². The smallest absolute Gasteiger partial charge is 0.328 e. The quantitative estimate of drug-likeness (QED) is 0.239. The Kier molecular flexibility index (Phi) is 11.0. The molecule has 17 heteroatoms. The summed E-state index contributed by atoms with van der Waals surface area (Å²) in [5.41, 5.74) is 1.57. The fourth-order valence-electron chi connectivity index (χ4n) is 7.86. The third-order valence-electron chi connectivity index (χ3n) is 11.0. The van der Waals surface area contributed by atoms with Gasteiger partial charge in [0.2, 0.25) is 0 Å². The Morgan fingerprint density at radius 2 is 1.85 bits per heavy atom. The number of amides is 3. The average molecular weight is 779 g/mol. The van der Waals surface area contributed by atoms with Gasteiger partial charge < -0.3 is 34.6 Å². The number of methoxy groups -OCH3 is 1. The number of ether oxygens (including phenoxy) is 2. The second-order valence-electron chi connectivity index (χ2n) is 14.0. The first-order valence-corrected chi connectivity index (χ1v) is 18.6. The number of halogens is 2. The van der Waals surface area contributed by atoms with Gasteiger partial charge in [0.25, 0.3) is 5.91 Å². The number of morpholine rings is 1. The van der Waals surface area contributed by atoms with Crippen molar-refractivity contribution in [3.8, 4) is 11.4 Å². The Morgan fingerprint density at radius 1 is 1.02 bits per heavy atom. The van der Waals surface area contributed by atoms with E-state index in [1.807, 2.05) is 35.2 Å². The van der Waals surface area contributed by atoms with Crippen molar-refractivity contribution in [3.63, 3.8) is 0 Å². The van der Waals surface area contributed by atoms with Gasteiger partial charge in [-0.15, -0.1) is 5.10 Å². The first kappa shape index (κ1) is 37.5. The minimum atomic E-state index is -1.10. The first-order valence-electron chi connectivity index (χ1n) is 17.8. The number of carboxylic acid groups (broad SMARTS) is 1. The minimum absolute atomic E-state index is 0.0582. The Bertz CT molecular complexity index is 1980. The number of carbonyl (C=O) groups excluding carboxylic acids is 2. The van der Waals surface area contributed by atoms with Crippen molar-refractivity contribution in [2.75, 3.05) is 59.6 Å². The second kappa shape index (κ2) is 15.9. The molecule has 2 unspecified atom stereocenters. The minimum Gasteiger partial charge on any atom is -0.496 e. The molecule has 2 atom stereocenters. The van der Waals surface area contributed by atoms with Crippen LogP contribution in [0.2, 0.25) is 10.0 Å². The molecule has 0 saturated carbocycles. The number of tetrazole rings is 1. The van der Waals surface area contributed by atoms with Crippen molar-refractivity contribution in [2.45, 2.75) is 42.7 Å². The number of aliphatic carboxylic acids is 1. The number of rotatable bonds is 10. The maximum absolute atomic E-state index is 14.2. The summed E-state index contributed by atoms with van der Waals surface area (Å²) < 4.78 is 12.4. The molecule has 3 aliphatic heterocycles. The van der Waals surface area contributed by atoms with E-state index in [-0.39, 0.29) is 25.7 Å². The summed E-state index contributed by atoms with van der Waals surface area (Å²) in [6, 6.07) is 15.1. The van der Waals surface area contributed by atoms with Crippen LogP contribution >= 0.6 is 23.2 Å². The molecule has 5 heterocycles. The molecule has 0 bridgehead atoms. The number of hydrogen-bond acceptors (Lipinski definition) is 10. The van der Waals surface area contributed by atoms with E-state index in [2.05, 4.69) is 30.7 Å². The van der Waals surface area contributed by atoms with Crippen LogP contribution in [0.25, 0.3) is 5.69 Å². The summed E-state index contributed by atoms with van der Waals surface area (Å²) in [6.07, 6.45) is 5.75. The number of pyridine rings is 1. The lowest BCUT2D eigenvalue weighted by Gasteiger charge is -2.44. The monoisotopic (exact) mass is 777 g/mol. The van der Waals surface area contributed by atoms with Crippen molar-refractivity contribution in [2.24, 2.45) is 0 Å². The molecule has 15 nitrogen and oxygen atoms in total. The molecule has 3 saturated heterocycles. The van der Waals surface area contributed by atoms with Crippen LogP contribution in [0.5, 0.6) is 5.75 Å². The van der Waals surface area contributed by atoms with E-state index in [1.54, 1.807) is 30.5 Å². The number of aromatic nitrogens is 5. The number of nitrogens with zero attached hydrogens (tertiary/aromatic N) is 8. The van der Waals surface area contributed by atoms with Crippen molar-refractivity contribution >= 4 is 41.1 Å². The van der Waals surface area contributed by atoms with E-state index in [4.69, 9.17) is 32.7 Å². The summed E-state index contributed by atoms with van der Waals surface area (Å²) in [4.78, 5) is 50.0. The highest BCUT2D eigenvalue weighted by molar-refractivity contribution is 6.42. The van der Waals surface area contributed by atoms with Crippen LogP contribution < -0.4 is 10.1 Å². The third kappa shape index (κ3) is 7.58. The number of likely N-dealkylation sites (tertiary alicyclic amines) is 2. The van der Waals surface area contributed by atoms with E-state index in [0.717, 1.165) is 24.2 Å². The van der Waals surface area contributed by atoms with Crippen LogP contribution in [-0.4, -0.2) is 129 Å². The van der Waals surface area contributed by atoms with Gasteiger partial charge in [-0.25, -0.2) is 14.3 Å². The number of nitrogens with one attached hydrogen (secondary N) is 1. The lowest BCUT2D eigenvalue weighted by atomic mass is 9.76. The number of hydrogen-bond donors (Lipinski definition) is 2. The fourth-order valence-corrected chi connectivity index (χ4v) is 8.16. The topological polar surface area (TPSA) is 168 Å². The molecule has 0 radical (unpaired) electrons. The molecular formula is C37H41Cl2N9O6.